The van der Waals surface area contributed by atoms with Crippen LogP contribution in [0.3, 0.4) is 0 Å². The van der Waals surface area contributed by atoms with Gasteiger partial charge in [0.05, 0.1) is 11.6 Å². The highest BCUT2D eigenvalue weighted by atomic mass is 19.1. The van der Waals surface area contributed by atoms with Gasteiger partial charge in [0.25, 0.3) is 5.91 Å². The zero-order valence-corrected chi connectivity index (χ0v) is 16.5. The van der Waals surface area contributed by atoms with Gasteiger partial charge in [-0.25, -0.2) is 13.6 Å². The molecule has 3 aromatic carbocycles. The third-order valence-electron chi connectivity index (χ3n) is 4.57. The molecule has 0 fully saturated rings. The molecule has 0 saturated heterocycles. The number of carbonyl (C=O) groups is 2. The Morgan fingerprint density at radius 2 is 1.60 bits per heavy atom. The number of rotatable bonds is 5. The number of carbonyl (C=O) groups excluding carboxylic acids is 2. The molecule has 3 aromatic rings. The average Bonchev–Trinajstić information content (AvgIpc) is 2.70. The minimum Gasteiger partial charge on any atom is -0.331 e. The molecule has 0 aliphatic rings. The minimum absolute atomic E-state index is 0.0495. The van der Waals surface area contributed by atoms with E-state index in [1.54, 1.807) is 50.2 Å². The second kappa shape index (κ2) is 9.17. The van der Waals surface area contributed by atoms with E-state index >= 15 is 0 Å². The Balaban J connectivity index is 1.62. The van der Waals surface area contributed by atoms with Crippen LogP contribution in [0.1, 0.15) is 34.5 Å². The number of hydrogen-bond donors (Lipinski definition) is 3. The zero-order chi connectivity index (χ0) is 21.7. The topological polar surface area (TPSA) is 70.2 Å². The highest BCUT2D eigenvalue weighted by Gasteiger charge is 2.13. The number of amides is 3. The molecule has 3 rings (SSSR count). The summed E-state index contributed by atoms with van der Waals surface area (Å²) in [6, 6.07) is 15.8. The Morgan fingerprint density at radius 3 is 2.27 bits per heavy atom. The molecule has 0 radical (unpaired) electrons. The molecular weight excluding hydrogens is 388 g/mol. The monoisotopic (exact) mass is 409 g/mol. The smallest absolute Gasteiger partial charge is 0.319 e. The van der Waals surface area contributed by atoms with Crippen LogP contribution >= 0.6 is 0 Å². The number of benzene rings is 3. The molecule has 0 aliphatic heterocycles. The summed E-state index contributed by atoms with van der Waals surface area (Å²) in [6.45, 7) is 3.57. The van der Waals surface area contributed by atoms with Crippen molar-refractivity contribution in [1.82, 2.24) is 5.32 Å². The number of anilines is 2. The molecule has 30 heavy (non-hydrogen) atoms. The first-order valence-corrected chi connectivity index (χ1v) is 9.33. The Kier molecular flexibility index (Phi) is 6.41. The third-order valence-corrected chi connectivity index (χ3v) is 4.57. The SMILES string of the molecule is Cc1cc(NC(=O)c2ccccc2F)ccc1NC(=O)NC(C)c1ccc(F)cc1. The van der Waals surface area contributed by atoms with E-state index in [4.69, 9.17) is 0 Å². The number of nitrogens with one attached hydrogen (secondary N) is 3. The lowest BCUT2D eigenvalue weighted by atomic mass is 10.1. The van der Waals surface area contributed by atoms with Crippen LogP contribution in [-0.2, 0) is 0 Å². The molecule has 3 amide bonds. The van der Waals surface area contributed by atoms with E-state index in [0.717, 1.165) is 5.56 Å². The van der Waals surface area contributed by atoms with Crippen LogP contribution in [0, 0.1) is 18.6 Å². The normalized spacial score (nSPS) is 11.5. The van der Waals surface area contributed by atoms with Gasteiger partial charge >= 0.3 is 6.03 Å². The summed E-state index contributed by atoms with van der Waals surface area (Å²) in [5.41, 5.74) is 2.47. The largest absolute Gasteiger partial charge is 0.331 e. The first-order valence-electron chi connectivity index (χ1n) is 9.33. The lowest BCUT2D eigenvalue weighted by Crippen LogP contribution is -2.31. The molecule has 7 heteroatoms. The predicted octanol–water partition coefficient (Wildman–Crippen LogP) is 5.41. The summed E-state index contributed by atoms with van der Waals surface area (Å²) < 4.78 is 26.8. The fourth-order valence-corrected chi connectivity index (χ4v) is 2.92. The Bertz CT molecular complexity index is 1070. The van der Waals surface area contributed by atoms with Crippen LogP contribution < -0.4 is 16.0 Å². The lowest BCUT2D eigenvalue weighted by molar-refractivity contribution is 0.102. The van der Waals surface area contributed by atoms with Crippen molar-refractivity contribution in [2.45, 2.75) is 19.9 Å². The van der Waals surface area contributed by atoms with Gasteiger partial charge in [-0.15, -0.1) is 0 Å². The molecule has 1 unspecified atom stereocenters. The van der Waals surface area contributed by atoms with Gasteiger partial charge in [0.1, 0.15) is 11.6 Å². The average molecular weight is 409 g/mol. The fourth-order valence-electron chi connectivity index (χ4n) is 2.92. The first-order chi connectivity index (χ1) is 14.3. The summed E-state index contributed by atoms with van der Waals surface area (Å²) >= 11 is 0. The van der Waals surface area contributed by atoms with Crippen LogP contribution in [0.4, 0.5) is 25.0 Å². The Hall–Kier alpha value is -3.74. The van der Waals surface area contributed by atoms with Crippen molar-refractivity contribution in [2.75, 3.05) is 10.6 Å². The van der Waals surface area contributed by atoms with Gasteiger partial charge in [0.2, 0.25) is 0 Å². The third kappa shape index (κ3) is 5.20. The van der Waals surface area contributed by atoms with Crippen molar-refractivity contribution in [1.29, 1.82) is 0 Å². The van der Waals surface area contributed by atoms with Crippen molar-refractivity contribution in [2.24, 2.45) is 0 Å². The van der Waals surface area contributed by atoms with E-state index in [-0.39, 0.29) is 17.4 Å². The van der Waals surface area contributed by atoms with Crippen molar-refractivity contribution >= 4 is 23.3 Å². The van der Waals surface area contributed by atoms with Crippen LogP contribution in [0.25, 0.3) is 0 Å². The quantitative estimate of drug-likeness (QED) is 0.527. The summed E-state index contributed by atoms with van der Waals surface area (Å²) in [7, 11) is 0. The highest BCUT2D eigenvalue weighted by molar-refractivity contribution is 6.04. The lowest BCUT2D eigenvalue weighted by Gasteiger charge is -2.16. The van der Waals surface area contributed by atoms with E-state index in [0.29, 0.717) is 16.9 Å². The Morgan fingerprint density at radius 1 is 0.900 bits per heavy atom. The van der Waals surface area contributed by atoms with Crippen LogP contribution in [0.5, 0.6) is 0 Å². The predicted molar refractivity (Wildman–Crippen MR) is 113 cm³/mol. The van der Waals surface area contributed by atoms with Gasteiger partial charge in [-0.05, 0) is 67.4 Å². The zero-order valence-electron chi connectivity index (χ0n) is 16.5. The molecule has 0 aromatic heterocycles. The Labute approximate surface area is 173 Å². The molecule has 0 bridgehead atoms. The minimum atomic E-state index is -0.600. The van der Waals surface area contributed by atoms with E-state index < -0.39 is 17.8 Å². The van der Waals surface area contributed by atoms with Gasteiger partial charge in [-0.2, -0.15) is 0 Å². The van der Waals surface area contributed by atoms with Crippen molar-refractivity contribution < 1.29 is 18.4 Å². The standard InChI is InChI=1S/C23H21F2N3O2/c1-14-13-18(27-22(29)19-5-3-4-6-20(19)25)11-12-21(14)28-23(30)26-15(2)16-7-9-17(24)10-8-16/h3-13,15H,1-2H3,(H,27,29)(H2,26,28,30). The van der Waals surface area contributed by atoms with E-state index in [2.05, 4.69) is 16.0 Å². The van der Waals surface area contributed by atoms with Gasteiger partial charge in [0.15, 0.2) is 0 Å². The van der Waals surface area contributed by atoms with E-state index in [9.17, 15) is 18.4 Å². The molecule has 1 atom stereocenters. The molecular formula is C23H21F2N3O2. The number of halogens is 2. The van der Waals surface area contributed by atoms with Gasteiger partial charge in [0, 0.05) is 11.4 Å². The van der Waals surface area contributed by atoms with Gasteiger partial charge in [-0.3, -0.25) is 4.79 Å². The molecule has 154 valence electrons. The molecule has 0 spiro atoms. The van der Waals surface area contributed by atoms with Crippen molar-refractivity contribution in [3.63, 3.8) is 0 Å². The number of hydrogen-bond acceptors (Lipinski definition) is 2. The fraction of sp³-hybridized carbons (Fsp3) is 0.130. The second-order valence-electron chi connectivity index (χ2n) is 6.84. The van der Waals surface area contributed by atoms with Crippen LogP contribution in [0.15, 0.2) is 66.7 Å². The van der Waals surface area contributed by atoms with Crippen molar-refractivity contribution in [3.05, 3.63) is 95.1 Å². The molecule has 3 N–H and O–H groups in total. The number of aryl methyl sites for hydroxylation is 1. The summed E-state index contributed by atoms with van der Waals surface area (Å²) in [4.78, 5) is 24.5. The van der Waals surface area contributed by atoms with Crippen molar-refractivity contribution in [3.8, 4) is 0 Å². The maximum Gasteiger partial charge on any atom is 0.319 e. The molecule has 5 nitrogen and oxygen atoms in total. The molecule has 0 saturated carbocycles. The number of urea groups is 1. The first kappa shape index (κ1) is 21.0. The molecule has 0 aliphatic carbocycles. The highest BCUT2D eigenvalue weighted by Crippen LogP contribution is 2.21. The summed E-state index contributed by atoms with van der Waals surface area (Å²) in [5.74, 6) is -1.50. The molecule has 0 heterocycles. The maximum atomic E-state index is 13.7. The van der Waals surface area contributed by atoms with Crippen LogP contribution in [-0.4, -0.2) is 11.9 Å². The van der Waals surface area contributed by atoms with Gasteiger partial charge < -0.3 is 16.0 Å². The summed E-state index contributed by atoms with van der Waals surface area (Å²) in [5, 5.41) is 8.17. The van der Waals surface area contributed by atoms with E-state index in [1.807, 2.05) is 0 Å². The maximum absolute atomic E-state index is 13.7. The summed E-state index contributed by atoms with van der Waals surface area (Å²) in [6.07, 6.45) is 0. The van der Waals surface area contributed by atoms with Gasteiger partial charge in [-0.1, -0.05) is 24.3 Å². The van der Waals surface area contributed by atoms with E-state index in [1.165, 1.54) is 30.3 Å². The second-order valence-corrected chi connectivity index (χ2v) is 6.84. The van der Waals surface area contributed by atoms with Crippen LogP contribution in [0.2, 0.25) is 0 Å².